The second-order valence-corrected chi connectivity index (χ2v) is 5.54. The third-order valence-electron chi connectivity index (χ3n) is 3.64. The molecule has 5 heteroatoms. The van der Waals surface area contributed by atoms with Gasteiger partial charge in [0.05, 0.1) is 0 Å². The van der Waals surface area contributed by atoms with Gasteiger partial charge in [0, 0.05) is 29.9 Å². The Morgan fingerprint density at radius 1 is 0.962 bits per heavy atom. The van der Waals surface area contributed by atoms with Gasteiger partial charge in [0.2, 0.25) is 0 Å². The lowest BCUT2D eigenvalue weighted by Crippen LogP contribution is -1.96. The Morgan fingerprint density at radius 3 is 2.23 bits per heavy atom. The summed E-state index contributed by atoms with van der Waals surface area (Å²) in [5.74, 6) is 2.19. The molecule has 0 amide bonds. The summed E-state index contributed by atoms with van der Waals surface area (Å²) in [4.78, 5) is 4.06. The molecule has 1 heterocycles. The van der Waals surface area contributed by atoms with E-state index >= 15 is 0 Å². The molecular formula is C21H19N3O2. The van der Waals surface area contributed by atoms with E-state index in [0.717, 1.165) is 28.8 Å². The summed E-state index contributed by atoms with van der Waals surface area (Å²) in [5, 5.41) is 7.05. The molecule has 0 unspecified atom stereocenters. The Labute approximate surface area is 152 Å². The van der Waals surface area contributed by atoms with Crippen molar-refractivity contribution in [2.75, 3.05) is 0 Å². The molecular weight excluding hydrogens is 326 g/mol. The third-order valence-corrected chi connectivity index (χ3v) is 3.64. The number of hydrogen-bond donors (Lipinski definition) is 2. The van der Waals surface area contributed by atoms with Gasteiger partial charge in [0.15, 0.2) is 0 Å². The average molecular weight is 345 g/mol. The van der Waals surface area contributed by atoms with Crippen molar-refractivity contribution in [2.24, 2.45) is 5.73 Å². The summed E-state index contributed by atoms with van der Waals surface area (Å²) < 4.78 is 11.5. The minimum Gasteiger partial charge on any atom is -0.489 e. The number of nitrogens with one attached hydrogen (secondary N) is 1. The van der Waals surface area contributed by atoms with E-state index in [1.54, 1.807) is 18.5 Å². The molecule has 0 spiro atoms. The van der Waals surface area contributed by atoms with Crippen molar-refractivity contribution in [2.45, 2.75) is 6.61 Å². The van der Waals surface area contributed by atoms with E-state index in [0.29, 0.717) is 18.1 Å². The summed E-state index contributed by atoms with van der Waals surface area (Å²) in [6.45, 7) is 0.472. The first-order chi connectivity index (χ1) is 12.7. The molecule has 0 saturated heterocycles. The fourth-order valence-corrected chi connectivity index (χ4v) is 2.29. The zero-order valence-corrected chi connectivity index (χ0v) is 14.1. The summed E-state index contributed by atoms with van der Waals surface area (Å²) >= 11 is 0. The molecule has 0 fully saturated rings. The topological polar surface area (TPSA) is 81.2 Å². The second-order valence-electron chi connectivity index (χ2n) is 5.54. The summed E-state index contributed by atoms with van der Waals surface area (Å²) in [6.07, 6.45) is 6.23. The molecule has 3 aromatic rings. The summed E-state index contributed by atoms with van der Waals surface area (Å²) in [5.41, 5.74) is 8.25. The zero-order valence-electron chi connectivity index (χ0n) is 14.1. The van der Waals surface area contributed by atoms with Gasteiger partial charge in [-0.1, -0.05) is 6.07 Å². The van der Waals surface area contributed by atoms with Gasteiger partial charge in [0.1, 0.15) is 23.9 Å². The highest BCUT2D eigenvalue weighted by Gasteiger charge is 2.01. The predicted octanol–water partition coefficient (Wildman–Crippen LogP) is 4.40. The van der Waals surface area contributed by atoms with Crippen LogP contribution in [0.2, 0.25) is 0 Å². The van der Waals surface area contributed by atoms with Crippen LogP contribution >= 0.6 is 0 Å². The minimum atomic E-state index is 0.472. The number of rotatable bonds is 7. The van der Waals surface area contributed by atoms with Crippen molar-refractivity contribution in [3.05, 3.63) is 90.3 Å². The van der Waals surface area contributed by atoms with Crippen LogP contribution in [0.3, 0.4) is 0 Å². The van der Waals surface area contributed by atoms with Gasteiger partial charge in [-0.15, -0.1) is 0 Å². The van der Waals surface area contributed by atoms with Crippen molar-refractivity contribution in [3.8, 4) is 17.2 Å². The summed E-state index contributed by atoms with van der Waals surface area (Å²) in [6, 6.07) is 18.7. The molecule has 2 aromatic carbocycles. The van der Waals surface area contributed by atoms with Crippen LogP contribution in [0.1, 0.15) is 11.1 Å². The van der Waals surface area contributed by atoms with Gasteiger partial charge in [-0.25, -0.2) is 0 Å². The lowest BCUT2D eigenvalue weighted by molar-refractivity contribution is 0.305. The number of allylic oxidation sites excluding steroid dienone is 1. The number of ether oxygens (including phenoxy) is 2. The maximum absolute atomic E-state index is 7.05. The molecule has 0 aliphatic carbocycles. The van der Waals surface area contributed by atoms with E-state index in [-0.39, 0.29) is 0 Å². The van der Waals surface area contributed by atoms with Crippen LogP contribution in [0.4, 0.5) is 0 Å². The minimum absolute atomic E-state index is 0.472. The highest BCUT2D eigenvalue weighted by molar-refractivity contribution is 5.81. The second kappa shape index (κ2) is 8.48. The highest BCUT2D eigenvalue weighted by Crippen LogP contribution is 2.25. The molecule has 3 N–H and O–H groups in total. The van der Waals surface area contributed by atoms with Crippen LogP contribution in [0.15, 0.2) is 79.1 Å². The largest absolute Gasteiger partial charge is 0.489 e. The fraction of sp³-hybridized carbons (Fsp3) is 0.0476. The molecule has 1 aromatic heterocycles. The van der Waals surface area contributed by atoms with Gasteiger partial charge in [-0.2, -0.15) is 0 Å². The molecule has 0 saturated carbocycles. The smallest absolute Gasteiger partial charge is 0.127 e. The Kier molecular flexibility index (Phi) is 5.62. The molecule has 26 heavy (non-hydrogen) atoms. The SMILES string of the molecule is N=C/C=C(\N)c1ccc(Oc2ccc(OCc3cccnc3)cc2)cc1. The van der Waals surface area contributed by atoms with Crippen LogP contribution in [0, 0.1) is 5.41 Å². The number of nitrogens with zero attached hydrogens (tertiary/aromatic N) is 1. The Morgan fingerprint density at radius 2 is 1.62 bits per heavy atom. The van der Waals surface area contributed by atoms with Gasteiger partial charge >= 0.3 is 0 Å². The van der Waals surface area contributed by atoms with Gasteiger partial charge in [-0.3, -0.25) is 4.98 Å². The lowest BCUT2D eigenvalue weighted by Gasteiger charge is -2.09. The van der Waals surface area contributed by atoms with E-state index < -0.39 is 0 Å². The fourth-order valence-electron chi connectivity index (χ4n) is 2.29. The van der Waals surface area contributed by atoms with Gasteiger partial charge in [0.25, 0.3) is 0 Å². The van der Waals surface area contributed by atoms with Crippen molar-refractivity contribution in [1.82, 2.24) is 4.98 Å². The quantitative estimate of drug-likeness (QED) is 0.622. The normalized spacial score (nSPS) is 11.0. The molecule has 130 valence electrons. The number of nitrogens with two attached hydrogens (primary N) is 1. The number of benzene rings is 2. The van der Waals surface area contributed by atoms with Crippen LogP contribution in [0.5, 0.6) is 17.2 Å². The maximum atomic E-state index is 7.05. The lowest BCUT2D eigenvalue weighted by atomic mass is 10.1. The molecule has 5 nitrogen and oxygen atoms in total. The highest BCUT2D eigenvalue weighted by atomic mass is 16.5. The zero-order chi connectivity index (χ0) is 18.2. The Hall–Kier alpha value is -3.60. The van der Waals surface area contributed by atoms with Gasteiger partial charge in [-0.05, 0) is 66.2 Å². The molecule has 3 rings (SSSR count). The van der Waals surface area contributed by atoms with Crippen LogP contribution in [-0.4, -0.2) is 11.2 Å². The molecule has 0 radical (unpaired) electrons. The Bertz CT molecular complexity index is 873. The van der Waals surface area contributed by atoms with Crippen molar-refractivity contribution >= 4 is 11.9 Å². The van der Waals surface area contributed by atoms with Gasteiger partial charge < -0.3 is 20.6 Å². The van der Waals surface area contributed by atoms with Crippen LogP contribution in [0.25, 0.3) is 5.70 Å². The Balaban J connectivity index is 1.58. The first kappa shape index (κ1) is 17.2. The van der Waals surface area contributed by atoms with E-state index in [1.807, 2.05) is 60.7 Å². The first-order valence-electron chi connectivity index (χ1n) is 8.11. The third kappa shape index (κ3) is 4.70. The van der Waals surface area contributed by atoms with Crippen molar-refractivity contribution in [1.29, 1.82) is 5.41 Å². The summed E-state index contributed by atoms with van der Waals surface area (Å²) in [7, 11) is 0. The number of aromatic nitrogens is 1. The average Bonchev–Trinajstić information content (AvgIpc) is 2.69. The maximum Gasteiger partial charge on any atom is 0.127 e. The number of pyridine rings is 1. The first-order valence-corrected chi connectivity index (χ1v) is 8.11. The van der Waals surface area contributed by atoms with Crippen molar-refractivity contribution in [3.63, 3.8) is 0 Å². The number of hydrogen-bond acceptors (Lipinski definition) is 5. The van der Waals surface area contributed by atoms with Crippen LogP contribution < -0.4 is 15.2 Å². The van der Waals surface area contributed by atoms with Crippen LogP contribution in [-0.2, 0) is 6.61 Å². The molecule has 0 atom stereocenters. The molecule has 0 bridgehead atoms. The monoisotopic (exact) mass is 345 g/mol. The van der Waals surface area contributed by atoms with Crippen molar-refractivity contribution < 1.29 is 9.47 Å². The van der Waals surface area contributed by atoms with E-state index in [1.165, 1.54) is 0 Å². The molecule has 0 aliphatic heterocycles. The van der Waals surface area contributed by atoms with E-state index in [2.05, 4.69) is 4.98 Å². The predicted molar refractivity (Wildman–Crippen MR) is 102 cm³/mol. The molecule has 0 aliphatic rings. The van der Waals surface area contributed by atoms with E-state index in [4.69, 9.17) is 20.6 Å². The van der Waals surface area contributed by atoms with E-state index in [9.17, 15) is 0 Å². The standard InChI is InChI=1S/C21H19N3O2/c22-12-11-21(23)17-3-5-19(6-4-17)26-20-9-7-18(8-10-20)25-15-16-2-1-13-24-14-16/h1-14,22H,15,23H2/b21-11-,22-12?.